The van der Waals surface area contributed by atoms with Crippen LogP contribution < -0.4 is 0 Å². The molecule has 0 bridgehead atoms. The third-order valence-corrected chi connectivity index (χ3v) is 7.09. The Hall–Kier alpha value is -6.76. The fraction of sp³-hybridized carbons (Fsp3) is 0.505. The van der Waals surface area contributed by atoms with E-state index in [0.717, 1.165) is 6.42 Å². The molecule has 0 aromatic heterocycles. The van der Waals surface area contributed by atoms with Gasteiger partial charge in [0.25, 0.3) is 0 Å². The summed E-state index contributed by atoms with van der Waals surface area (Å²) in [6, 6.07) is 97.8. The van der Waals surface area contributed by atoms with Crippen LogP contribution in [0.5, 0.6) is 0 Å². The largest absolute Gasteiger partial charge is 0.0683 e. The van der Waals surface area contributed by atoms with Crippen molar-refractivity contribution in [3.05, 3.63) is 302 Å². The maximum Gasteiger partial charge on any atom is -0.00258 e. The van der Waals surface area contributed by atoms with E-state index in [2.05, 4.69) is 137 Å². The van der Waals surface area contributed by atoms with Gasteiger partial charge in [0, 0.05) is 0 Å². The van der Waals surface area contributed by atoms with Gasteiger partial charge in [-0.15, -0.1) is 0 Å². The third-order valence-electron chi connectivity index (χ3n) is 7.09. The molecular formula is C105H204. The van der Waals surface area contributed by atoms with Crippen molar-refractivity contribution in [3.63, 3.8) is 0 Å². The molecule has 0 fully saturated rings. The van der Waals surface area contributed by atoms with Crippen molar-refractivity contribution >= 4 is 10.8 Å². The van der Waals surface area contributed by atoms with Crippen LogP contribution in [0.3, 0.4) is 0 Å². The third kappa shape index (κ3) is 235. The zero-order valence-electron chi connectivity index (χ0n) is 81.8. The predicted octanol–water partition coefficient (Wildman–Crippen LogP) is 41.0. The van der Waals surface area contributed by atoms with Crippen molar-refractivity contribution in [3.8, 4) is 0 Å². The molecule has 0 aliphatic carbocycles. The van der Waals surface area contributed by atoms with Crippen LogP contribution in [0.2, 0.25) is 0 Å². The summed E-state index contributed by atoms with van der Waals surface area (Å²) in [5, 5.41) is 2.62. The lowest BCUT2D eigenvalue weighted by Gasteiger charge is -2.00. The van der Waals surface area contributed by atoms with E-state index in [1.807, 2.05) is 500 Å². The number of rotatable bonds is 2. The summed E-state index contributed by atoms with van der Waals surface area (Å²) in [5.74, 6) is 0. The molecule has 105 heavy (non-hydrogen) atoms. The maximum atomic E-state index is 2.16. The SMILES string of the molecule is CC.CC.CC.CC.CC.CC.CC.CC.CC.CC.CC.CC.CC.CC.CC.CC.CC.CC.CC.CC.CC.CC.CC.CCC.CCC.c1ccc(Cc2ccccc2)cc1.c1ccc2ccccc2c1.c1ccccc1.c1ccccc1.c1ccccc1.c1ccccc1.c1ccccc1. The average molecular weight is 1470 g/mol. The topological polar surface area (TPSA) is 0 Å². The molecule has 9 aromatic carbocycles. The fourth-order valence-corrected chi connectivity index (χ4v) is 4.48. The van der Waals surface area contributed by atoms with Crippen LogP contribution in [-0.4, -0.2) is 0 Å². The van der Waals surface area contributed by atoms with Gasteiger partial charge < -0.3 is 0 Å². The van der Waals surface area contributed by atoms with Crippen molar-refractivity contribution in [1.82, 2.24) is 0 Å². The highest BCUT2D eigenvalue weighted by Gasteiger charge is 1.92. The zero-order valence-corrected chi connectivity index (χ0v) is 81.8. The van der Waals surface area contributed by atoms with Gasteiger partial charge in [0.05, 0.1) is 0 Å². The van der Waals surface area contributed by atoms with Crippen LogP contribution >= 0.6 is 0 Å². The van der Waals surface area contributed by atoms with E-state index in [9.17, 15) is 0 Å². The van der Waals surface area contributed by atoms with Crippen molar-refractivity contribution in [2.24, 2.45) is 0 Å². The maximum absolute atomic E-state index is 2.16. The number of hydrogen-bond donors (Lipinski definition) is 0. The molecule has 0 amide bonds. The minimum Gasteiger partial charge on any atom is -0.0683 e. The van der Waals surface area contributed by atoms with Gasteiger partial charge in [0.1, 0.15) is 0 Å². The van der Waals surface area contributed by atoms with Crippen LogP contribution in [0.25, 0.3) is 10.8 Å². The summed E-state index contributed by atoms with van der Waals surface area (Å²) in [4.78, 5) is 0. The summed E-state index contributed by atoms with van der Waals surface area (Å²) < 4.78 is 0. The molecule has 9 rings (SSSR count). The molecule has 0 saturated heterocycles. The second-order valence-corrected chi connectivity index (χ2v) is 12.7. The number of fused-ring (bicyclic) bond motifs is 1. The fourth-order valence-electron chi connectivity index (χ4n) is 4.48. The monoisotopic (exact) mass is 1470 g/mol. The normalized spacial score (nSPS) is 6.11. The van der Waals surface area contributed by atoms with Gasteiger partial charge in [-0.3, -0.25) is 0 Å². The first-order valence-electron chi connectivity index (χ1n) is 43.8. The molecule has 0 atom stereocenters. The molecule has 0 spiro atoms. The standard InChI is InChI=1S/C13H12.C10H8.5C6H6.2C3H8.23C2H6/c1-3-7-12(8-4-1)11-13-9-5-2-6-10-13;1-2-6-10-8-4-3-7-9(10)5-1;5*1-2-4-6-5-3-1;2*1-3-2;23*1-2/h1-10H,11H2;1-8H;5*1-6H;2*3H2,1-2H3;23*1-2H3. The van der Waals surface area contributed by atoms with E-state index in [-0.39, 0.29) is 0 Å². The molecule has 0 heterocycles. The molecule has 0 heteroatoms. The van der Waals surface area contributed by atoms with Crippen LogP contribution in [0.4, 0.5) is 0 Å². The molecular weight excluding hydrogens is 1260 g/mol. The lowest BCUT2D eigenvalue weighted by atomic mass is 10.1. The smallest absolute Gasteiger partial charge is 0.00258 e. The quantitative estimate of drug-likeness (QED) is 0.162. The second kappa shape index (κ2) is 285. The lowest BCUT2D eigenvalue weighted by Crippen LogP contribution is -1.85. The first-order valence-corrected chi connectivity index (χ1v) is 43.8. The first kappa shape index (κ1) is 164. The number of benzene rings is 9. The summed E-state index contributed by atoms with van der Waals surface area (Å²) in [5.41, 5.74) is 2.74. The van der Waals surface area contributed by atoms with Gasteiger partial charge in [0.15, 0.2) is 0 Å². The zero-order chi connectivity index (χ0) is 88.4. The Morgan fingerprint density at radius 3 is 0.267 bits per heavy atom. The van der Waals surface area contributed by atoms with E-state index < -0.39 is 0 Å². The molecule has 0 N–H and O–H groups in total. The summed E-state index contributed by atoms with van der Waals surface area (Å²) in [6.07, 6.45) is 3.53. The van der Waals surface area contributed by atoms with Gasteiger partial charge in [-0.05, 0) is 28.3 Å². The Morgan fingerprint density at radius 1 is 0.114 bits per heavy atom. The van der Waals surface area contributed by atoms with Crippen molar-refractivity contribution < 1.29 is 0 Å². The van der Waals surface area contributed by atoms with Gasteiger partial charge in [-0.25, -0.2) is 0 Å². The van der Waals surface area contributed by atoms with E-state index >= 15 is 0 Å². The molecule has 624 valence electrons. The van der Waals surface area contributed by atoms with E-state index in [1.54, 1.807) is 0 Å². The first-order chi connectivity index (χ1) is 52.2. The Morgan fingerprint density at radius 2 is 0.181 bits per heavy atom. The minimum absolute atomic E-state index is 1.03. The lowest BCUT2D eigenvalue weighted by molar-refractivity contribution is 1.09. The average Bonchev–Trinajstić information content (AvgIpc) is 0.911. The molecule has 0 nitrogen and oxygen atoms in total. The Balaban J connectivity index is -0.0000000325. The van der Waals surface area contributed by atoms with E-state index in [1.165, 1.54) is 34.7 Å². The van der Waals surface area contributed by atoms with Gasteiger partial charge >= 0.3 is 0 Å². The highest BCUT2D eigenvalue weighted by Crippen LogP contribution is 2.11. The van der Waals surface area contributed by atoms with Gasteiger partial charge in [-0.2, -0.15) is 0 Å². The van der Waals surface area contributed by atoms with Crippen molar-refractivity contribution in [1.29, 1.82) is 0 Å². The number of hydrogen-bond acceptors (Lipinski definition) is 0. The van der Waals surface area contributed by atoms with Crippen LogP contribution in [0.15, 0.2) is 291 Å². The second-order valence-electron chi connectivity index (χ2n) is 12.7. The highest BCUT2D eigenvalue weighted by atomic mass is 14.0. The molecule has 9 aromatic rings. The van der Waals surface area contributed by atoms with Crippen LogP contribution in [0, 0.1) is 0 Å². The summed E-state index contributed by atoms with van der Waals surface area (Å²) >= 11 is 0. The molecule has 0 radical (unpaired) electrons. The van der Waals surface area contributed by atoms with Crippen molar-refractivity contribution in [2.75, 3.05) is 0 Å². The van der Waals surface area contributed by atoms with Crippen LogP contribution in [-0.2, 0) is 6.42 Å². The summed E-state index contributed by atoms with van der Waals surface area (Å²) in [6.45, 7) is 100. The highest BCUT2D eigenvalue weighted by molar-refractivity contribution is 5.82. The van der Waals surface area contributed by atoms with Crippen LogP contribution in [0.1, 0.15) is 370 Å². The predicted molar refractivity (Wildman–Crippen MR) is 525 cm³/mol. The molecule has 0 aliphatic rings. The Bertz CT molecular complexity index is 1610. The molecule has 0 aliphatic heterocycles. The molecule has 0 saturated carbocycles. The van der Waals surface area contributed by atoms with Gasteiger partial charge in [0.2, 0.25) is 0 Å². The van der Waals surface area contributed by atoms with Gasteiger partial charge in [-0.1, -0.05) is 650 Å². The minimum atomic E-state index is 1.03. The van der Waals surface area contributed by atoms with Crippen molar-refractivity contribution in [2.45, 2.75) is 365 Å². The van der Waals surface area contributed by atoms with E-state index in [4.69, 9.17) is 0 Å². The molecule has 0 unspecified atom stereocenters. The Kier molecular flexibility index (Phi) is 445. The Labute approximate surface area is 674 Å². The summed E-state index contributed by atoms with van der Waals surface area (Å²) in [7, 11) is 0. The van der Waals surface area contributed by atoms with E-state index in [0.29, 0.717) is 0 Å².